The first-order valence-corrected chi connectivity index (χ1v) is 5.15. The van der Waals surface area contributed by atoms with Gasteiger partial charge < -0.3 is 9.47 Å². The zero-order valence-electron chi connectivity index (χ0n) is 7.63. The van der Waals surface area contributed by atoms with Gasteiger partial charge in [0, 0.05) is 11.0 Å². The number of aromatic nitrogens is 1. The Morgan fingerprint density at radius 1 is 1.38 bits per heavy atom. The fraction of sp³-hybridized carbons (Fsp3) is 0.375. The van der Waals surface area contributed by atoms with Gasteiger partial charge in [-0.25, -0.2) is 0 Å². The molecule has 5 heteroatoms. The number of ether oxygens (including phenoxy) is 2. The topological polar surface area (TPSA) is 31.4 Å². The molecular formula is C8H10ClNO2S. The summed E-state index contributed by atoms with van der Waals surface area (Å²) in [4.78, 5) is 4.92. The minimum Gasteiger partial charge on any atom is -0.481 e. The summed E-state index contributed by atoms with van der Waals surface area (Å²) in [7, 11) is 3.08. The molecule has 3 nitrogen and oxygen atoms in total. The molecule has 0 aliphatic heterocycles. The Labute approximate surface area is 86.4 Å². The lowest BCUT2D eigenvalue weighted by molar-refractivity contribution is 0.363. The Kier molecular flexibility index (Phi) is 3.69. The van der Waals surface area contributed by atoms with Gasteiger partial charge in [0.05, 0.1) is 14.2 Å². The van der Waals surface area contributed by atoms with Crippen molar-refractivity contribution in [1.82, 2.24) is 4.98 Å². The van der Waals surface area contributed by atoms with Crippen molar-refractivity contribution < 1.29 is 9.47 Å². The number of rotatable bonds is 3. The van der Waals surface area contributed by atoms with Crippen LogP contribution in [0.2, 0.25) is 5.02 Å². The molecule has 0 aliphatic rings. The molecular weight excluding hydrogens is 210 g/mol. The number of pyridine rings is 1. The van der Waals surface area contributed by atoms with Crippen molar-refractivity contribution in [2.24, 2.45) is 0 Å². The number of thioether (sulfide) groups is 1. The highest BCUT2D eigenvalue weighted by atomic mass is 35.5. The molecule has 0 unspecified atom stereocenters. The molecule has 1 aromatic heterocycles. The first kappa shape index (κ1) is 10.5. The summed E-state index contributed by atoms with van der Waals surface area (Å²) < 4.78 is 9.98. The Balaban J connectivity index is 3.20. The second kappa shape index (κ2) is 4.58. The molecule has 0 fully saturated rings. The van der Waals surface area contributed by atoms with E-state index in [9.17, 15) is 0 Å². The highest BCUT2D eigenvalue weighted by Gasteiger charge is 2.10. The van der Waals surface area contributed by atoms with Gasteiger partial charge in [0.15, 0.2) is 0 Å². The van der Waals surface area contributed by atoms with Crippen LogP contribution in [0.15, 0.2) is 11.0 Å². The summed E-state index contributed by atoms with van der Waals surface area (Å²) in [5.74, 6) is 0.899. The number of methoxy groups -OCH3 is 2. The molecule has 1 rings (SSSR count). The van der Waals surface area contributed by atoms with Gasteiger partial charge in [-0.2, -0.15) is 4.98 Å². The molecule has 0 bridgehead atoms. The molecule has 1 aromatic rings. The van der Waals surface area contributed by atoms with Crippen LogP contribution in [0.1, 0.15) is 0 Å². The highest BCUT2D eigenvalue weighted by Crippen LogP contribution is 2.34. The number of hydrogen-bond donors (Lipinski definition) is 0. The van der Waals surface area contributed by atoms with Gasteiger partial charge in [0.2, 0.25) is 11.8 Å². The lowest BCUT2D eigenvalue weighted by Gasteiger charge is -2.07. The van der Waals surface area contributed by atoms with Gasteiger partial charge in [0.1, 0.15) is 5.02 Å². The van der Waals surface area contributed by atoms with Crippen LogP contribution in [0.25, 0.3) is 0 Å². The van der Waals surface area contributed by atoms with E-state index in [2.05, 4.69) is 4.98 Å². The summed E-state index contributed by atoms with van der Waals surface area (Å²) in [6.07, 6.45) is 1.93. The van der Waals surface area contributed by atoms with Gasteiger partial charge in [-0.05, 0) is 6.26 Å². The van der Waals surface area contributed by atoms with Crippen LogP contribution >= 0.6 is 23.4 Å². The van der Waals surface area contributed by atoms with E-state index >= 15 is 0 Å². The van der Waals surface area contributed by atoms with Gasteiger partial charge >= 0.3 is 0 Å². The second-order valence-electron chi connectivity index (χ2n) is 2.19. The maximum absolute atomic E-state index is 5.97. The normalized spacial score (nSPS) is 9.85. The third-order valence-electron chi connectivity index (χ3n) is 1.49. The average Bonchev–Trinajstić information content (AvgIpc) is 2.18. The largest absolute Gasteiger partial charge is 0.481 e. The van der Waals surface area contributed by atoms with Crippen molar-refractivity contribution >= 4 is 23.4 Å². The van der Waals surface area contributed by atoms with E-state index in [-0.39, 0.29) is 0 Å². The SMILES string of the molecule is COc1cc(SC)c(Cl)c(OC)n1. The minimum absolute atomic E-state index is 0.394. The van der Waals surface area contributed by atoms with Crippen LogP contribution in [0.3, 0.4) is 0 Å². The van der Waals surface area contributed by atoms with Crippen LogP contribution in [0.5, 0.6) is 11.8 Å². The van der Waals surface area contributed by atoms with E-state index < -0.39 is 0 Å². The quantitative estimate of drug-likeness (QED) is 0.731. The monoisotopic (exact) mass is 219 g/mol. The minimum atomic E-state index is 0.394. The van der Waals surface area contributed by atoms with E-state index in [1.54, 1.807) is 13.2 Å². The first-order valence-electron chi connectivity index (χ1n) is 3.55. The standard InChI is InChI=1S/C8H10ClNO2S/c1-11-6-4-5(13-3)7(9)8(10-6)12-2/h4H,1-3H3. The Morgan fingerprint density at radius 3 is 2.54 bits per heavy atom. The summed E-state index contributed by atoms with van der Waals surface area (Å²) in [6.45, 7) is 0. The lowest BCUT2D eigenvalue weighted by Crippen LogP contribution is -1.94. The van der Waals surface area contributed by atoms with E-state index in [1.165, 1.54) is 18.9 Å². The van der Waals surface area contributed by atoms with Gasteiger partial charge in [0.25, 0.3) is 0 Å². The van der Waals surface area contributed by atoms with Crippen LogP contribution in [-0.4, -0.2) is 25.5 Å². The lowest BCUT2D eigenvalue weighted by atomic mass is 10.4. The molecule has 1 heterocycles. The highest BCUT2D eigenvalue weighted by molar-refractivity contribution is 7.98. The van der Waals surface area contributed by atoms with Crippen LogP contribution in [-0.2, 0) is 0 Å². The van der Waals surface area contributed by atoms with E-state index in [4.69, 9.17) is 21.1 Å². The molecule has 0 amide bonds. The Morgan fingerprint density at radius 2 is 2.08 bits per heavy atom. The van der Waals surface area contributed by atoms with Crippen molar-refractivity contribution in [1.29, 1.82) is 0 Å². The third kappa shape index (κ3) is 2.19. The van der Waals surface area contributed by atoms with Crippen molar-refractivity contribution in [3.63, 3.8) is 0 Å². The fourth-order valence-corrected chi connectivity index (χ4v) is 1.74. The maximum Gasteiger partial charge on any atom is 0.236 e. The predicted molar refractivity (Wildman–Crippen MR) is 54.1 cm³/mol. The molecule has 0 radical (unpaired) electrons. The summed E-state index contributed by atoms with van der Waals surface area (Å²) in [5, 5.41) is 0.524. The molecule has 0 aromatic carbocycles. The third-order valence-corrected chi connectivity index (χ3v) is 2.73. The van der Waals surface area contributed by atoms with Gasteiger partial charge in [-0.1, -0.05) is 11.6 Å². The molecule has 13 heavy (non-hydrogen) atoms. The van der Waals surface area contributed by atoms with E-state index in [1.807, 2.05) is 6.26 Å². The van der Waals surface area contributed by atoms with Crippen molar-refractivity contribution in [2.75, 3.05) is 20.5 Å². The molecule has 0 spiro atoms. The molecule has 0 atom stereocenters. The molecule has 0 saturated carbocycles. The zero-order chi connectivity index (χ0) is 9.84. The van der Waals surface area contributed by atoms with Crippen LogP contribution in [0, 0.1) is 0 Å². The summed E-state index contributed by atoms with van der Waals surface area (Å²) in [5.41, 5.74) is 0. The van der Waals surface area contributed by atoms with Crippen molar-refractivity contribution in [2.45, 2.75) is 4.90 Å². The summed E-state index contributed by atoms with van der Waals surface area (Å²) >= 11 is 7.50. The summed E-state index contributed by atoms with van der Waals surface area (Å²) in [6, 6.07) is 1.77. The first-order chi connectivity index (χ1) is 6.22. The zero-order valence-corrected chi connectivity index (χ0v) is 9.20. The van der Waals surface area contributed by atoms with Crippen molar-refractivity contribution in [3.05, 3.63) is 11.1 Å². The van der Waals surface area contributed by atoms with E-state index in [0.29, 0.717) is 16.8 Å². The number of halogens is 1. The molecule has 0 aliphatic carbocycles. The molecule has 0 saturated heterocycles. The fourth-order valence-electron chi connectivity index (χ4n) is 0.851. The van der Waals surface area contributed by atoms with E-state index in [0.717, 1.165) is 4.90 Å². The molecule has 0 N–H and O–H groups in total. The molecule has 72 valence electrons. The predicted octanol–water partition coefficient (Wildman–Crippen LogP) is 2.47. The average molecular weight is 220 g/mol. The smallest absolute Gasteiger partial charge is 0.236 e. The Hall–Kier alpha value is -0.610. The number of hydrogen-bond acceptors (Lipinski definition) is 4. The number of nitrogens with zero attached hydrogens (tertiary/aromatic N) is 1. The van der Waals surface area contributed by atoms with Crippen molar-refractivity contribution in [3.8, 4) is 11.8 Å². The van der Waals surface area contributed by atoms with Crippen LogP contribution in [0.4, 0.5) is 0 Å². The maximum atomic E-state index is 5.97. The van der Waals surface area contributed by atoms with Crippen LogP contribution < -0.4 is 9.47 Å². The van der Waals surface area contributed by atoms with Gasteiger partial charge in [-0.15, -0.1) is 11.8 Å². The Bertz CT molecular complexity index is 281. The second-order valence-corrected chi connectivity index (χ2v) is 3.42. The van der Waals surface area contributed by atoms with Gasteiger partial charge in [-0.3, -0.25) is 0 Å².